The lowest BCUT2D eigenvalue weighted by Gasteiger charge is -2.48. The third kappa shape index (κ3) is 5.13. The molecule has 8 heteroatoms. The molecule has 0 aliphatic carbocycles. The van der Waals surface area contributed by atoms with Crippen molar-refractivity contribution in [2.45, 2.75) is 83.2 Å². The molecule has 1 aromatic rings. The number of hydrogen-bond donors (Lipinski definition) is 0. The molecule has 1 amide bonds. The van der Waals surface area contributed by atoms with E-state index < -0.39 is 23.2 Å². The van der Waals surface area contributed by atoms with Gasteiger partial charge in [-0.15, -0.1) is 0 Å². The van der Waals surface area contributed by atoms with Crippen LogP contribution in [-0.2, 0) is 22.1 Å². The van der Waals surface area contributed by atoms with E-state index in [-0.39, 0.29) is 41.9 Å². The Balaban J connectivity index is 1.69. The molecule has 2 heterocycles. The molecular weight excluding hydrogens is 402 g/mol. The quantitative estimate of drug-likeness (QED) is 0.594. The molecule has 0 spiro atoms. The predicted octanol–water partition coefficient (Wildman–Crippen LogP) is 5.52. The van der Waals surface area contributed by atoms with Crippen molar-refractivity contribution in [2.75, 3.05) is 0 Å². The molecular formula is C22H27F4NO3. The minimum Gasteiger partial charge on any atom is -0.444 e. The van der Waals surface area contributed by atoms with E-state index >= 15 is 0 Å². The van der Waals surface area contributed by atoms with Crippen LogP contribution in [0.2, 0.25) is 0 Å². The molecule has 0 radical (unpaired) electrons. The molecule has 3 rings (SSSR count). The summed E-state index contributed by atoms with van der Waals surface area (Å²) in [6.07, 6.45) is -1.81. The number of piperidine rings is 2. The Kier molecular flexibility index (Phi) is 6.16. The van der Waals surface area contributed by atoms with Crippen molar-refractivity contribution in [1.29, 1.82) is 0 Å². The summed E-state index contributed by atoms with van der Waals surface area (Å²) in [4.78, 5) is 27.2. The zero-order valence-corrected chi connectivity index (χ0v) is 17.4. The highest BCUT2D eigenvalue weighted by Gasteiger charge is 2.44. The molecule has 166 valence electrons. The van der Waals surface area contributed by atoms with Crippen LogP contribution in [0.3, 0.4) is 0 Å². The van der Waals surface area contributed by atoms with Gasteiger partial charge in [0, 0.05) is 24.4 Å². The predicted molar refractivity (Wildman–Crippen MR) is 102 cm³/mol. The molecule has 2 fully saturated rings. The molecule has 2 bridgehead atoms. The number of rotatable bonds is 3. The molecule has 4 nitrogen and oxygen atoms in total. The zero-order valence-electron chi connectivity index (χ0n) is 17.4. The maximum atomic E-state index is 14.1. The first kappa shape index (κ1) is 22.6. The zero-order chi connectivity index (χ0) is 22.3. The number of ether oxygens (including phenoxy) is 1. The van der Waals surface area contributed by atoms with Crippen molar-refractivity contribution < 1.29 is 31.9 Å². The summed E-state index contributed by atoms with van der Waals surface area (Å²) in [7, 11) is 0. The second kappa shape index (κ2) is 8.19. The maximum absolute atomic E-state index is 14.1. The summed E-state index contributed by atoms with van der Waals surface area (Å²) < 4.78 is 57.8. The molecule has 2 aliphatic rings. The molecule has 0 saturated carbocycles. The van der Waals surface area contributed by atoms with Crippen LogP contribution >= 0.6 is 0 Å². The minimum absolute atomic E-state index is 0.0345. The van der Waals surface area contributed by atoms with Gasteiger partial charge in [-0.05, 0) is 70.6 Å². The van der Waals surface area contributed by atoms with Gasteiger partial charge in [-0.3, -0.25) is 4.79 Å². The Morgan fingerprint density at radius 1 is 1.10 bits per heavy atom. The average molecular weight is 429 g/mol. The summed E-state index contributed by atoms with van der Waals surface area (Å²) in [6.45, 7) is 5.40. The normalized spacial score (nSPS) is 24.5. The van der Waals surface area contributed by atoms with Crippen molar-refractivity contribution in [1.82, 2.24) is 4.90 Å². The fourth-order valence-corrected chi connectivity index (χ4v) is 4.46. The first-order valence-electron chi connectivity index (χ1n) is 10.2. The van der Waals surface area contributed by atoms with Crippen molar-refractivity contribution in [3.8, 4) is 0 Å². The second-order valence-electron chi connectivity index (χ2n) is 9.24. The number of fused-ring (bicyclic) bond motifs is 2. The van der Waals surface area contributed by atoms with E-state index in [2.05, 4.69) is 0 Å². The van der Waals surface area contributed by atoms with Crippen LogP contribution in [0.4, 0.5) is 22.4 Å². The van der Waals surface area contributed by atoms with E-state index in [1.165, 1.54) is 0 Å². The van der Waals surface area contributed by atoms with E-state index in [9.17, 15) is 27.2 Å². The first-order valence-corrected chi connectivity index (χ1v) is 10.2. The Labute approximate surface area is 173 Å². The van der Waals surface area contributed by atoms with Gasteiger partial charge in [0.25, 0.3) is 0 Å². The third-order valence-corrected chi connectivity index (χ3v) is 5.78. The van der Waals surface area contributed by atoms with Crippen LogP contribution in [0.25, 0.3) is 0 Å². The van der Waals surface area contributed by atoms with Gasteiger partial charge in [0.15, 0.2) is 0 Å². The molecule has 30 heavy (non-hydrogen) atoms. The van der Waals surface area contributed by atoms with Crippen molar-refractivity contribution >= 4 is 11.9 Å². The van der Waals surface area contributed by atoms with Gasteiger partial charge in [-0.25, -0.2) is 9.18 Å². The summed E-state index contributed by atoms with van der Waals surface area (Å²) >= 11 is 0. The number of carbonyl (C=O) groups excluding carboxylic acids is 2. The lowest BCUT2D eigenvalue weighted by atomic mass is 9.76. The number of hydrogen-bond acceptors (Lipinski definition) is 3. The standard InChI is InChI=1S/C22H27F4NO3/c1-21(2,3)30-20(29)27-16-5-4-6-17(27)10-14(9-16)19(28)11-13-7-8-15(12-18(13)23)22(24,25)26/h7-8,12,14,16-17H,4-6,9-11H2,1-3H3. The third-order valence-electron chi connectivity index (χ3n) is 5.78. The fourth-order valence-electron chi connectivity index (χ4n) is 4.46. The number of alkyl halides is 3. The number of amides is 1. The van der Waals surface area contributed by atoms with E-state index in [1.807, 2.05) is 0 Å². The molecule has 2 atom stereocenters. The summed E-state index contributed by atoms with van der Waals surface area (Å²) in [5.74, 6) is -1.57. The monoisotopic (exact) mass is 429 g/mol. The van der Waals surface area contributed by atoms with Crippen molar-refractivity contribution in [2.24, 2.45) is 5.92 Å². The van der Waals surface area contributed by atoms with E-state index in [4.69, 9.17) is 4.74 Å². The Morgan fingerprint density at radius 2 is 1.70 bits per heavy atom. The SMILES string of the molecule is CC(C)(C)OC(=O)N1C2CCCC1CC(C(=O)Cc1ccc(C(F)(F)F)cc1F)C2. The van der Waals surface area contributed by atoms with Crippen molar-refractivity contribution in [3.63, 3.8) is 0 Å². The smallest absolute Gasteiger partial charge is 0.416 e. The molecule has 0 aromatic heterocycles. The number of ketones is 1. The highest BCUT2D eigenvalue weighted by Crippen LogP contribution is 2.39. The van der Waals surface area contributed by atoms with Gasteiger partial charge in [0.05, 0.1) is 5.56 Å². The van der Waals surface area contributed by atoms with Crippen LogP contribution in [-0.4, -0.2) is 34.5 Å². The molecule has 2 saturated heterocycles. The highest BCUT2D eigenvalue weighted by molar-refractivity contribution is 5.84. The van der Waals surface area contributed by atoms with Gasteiger partial charge in [-0.1, -0.05) is 6.07 Å². The number of halogens is 4. The molecule has 0 N–H and O–H groups in total. The van der Waals surface area contributed by atoms with Crippen LogP contribution < -0.4 is 0 Å². The van der Waals surface area contributed by atoms with Crippen LogP contribution in [0.15, 0.2) is 18.2 Å². The number of nitrogens with zero attached hydrogens (tertiary/aromatic N) is 1. The Morgan fingerprint density at radius 3 is 2.20 bits per heavy atom. The van der Waals surface area contributed by atoms with Gasteiger partial charge < -0.3 is 9.64 Å². The molecule has 1 aromatic carbocycles. The van der Waals surface area contributed by atoms with Gasteiger partial charge in [-0.2, -0.15) is 13.2 Å². The highest BCUT2D eigenvalue weighted by atomic mass is 19.4. The lowest BCUT2D eigenvalue weighted by molar-refractivity contribution is -0.137. The van der Waals surface area contributed by atoms with Gasteiger partial charge in [0.1, 0.15) is 17.2 Å². The first-order chi connectivity index (χ1) is 13.8. The number of carbonyl (C=O) groups is 2. The maximum Gasteiger partial charge on any atom is 0.416 e. The summed E-state index contributed by atoms with van der Waals surface area (Å²) in [5.41, 5.74) is -1.72. The number of benzene rings is 1. The van der Waals surface area contributed by atoms with E-state index in [0.717, 1.165) is 31.4 Å². The van der Waals surface area contributed by atoms with Crippen LogP contribution in [0.1, 0.15) is 64.0 Å². The Hall–Kier alpha value is -2.12. The second-order valence-corrected chi connectivity index (χ2v) is 9.24. The van der Waals surface area contributed by atoms with Crippen LogP contribution in [0.5, 0.6) is 0 Å². The fraction of sp³-hybridized carbons (Fsp3) is 0.636. The summed E-state index contributed by atoms with van der Waals surface area (Å²) in [6, 6.07) is 2.04. The molecule has 2 unspecified atom stereocenters. The minimum atomic E-state index is -4.63. The Bertz CT molecular complexity index is 802. The van der Waals surface area contributed by atoms with E-state index in [1.54, 1.807) is 25.7 Å². The van der Waals surface area contributed by atoms with Gasteiger partial charge in [0.2, 0.25) is 0 Å². The molecule has 2 aliphatic heterocycles. The topological polar surface area (TPSA) is 46.6 Å². The largest absolute Gasteiger partial charge is 0.444 e. The van der Waals surface area contributed by atoms with E-state index in [0.29, 0.717) is 18.9 Å². The van der Waals surface area contributed by atoms with Gasteiger partial charge >= 0.3 is 12.3 Å². The lowest BCUT2D eigenvalue weighted by Crippen LogP contribution is -2.56. The van der Waals surface area contributed by atoms with Crippen molar-refractivity contribution in [3.05, 3.63) is 35.1 Å². The average Bonchev–Trinajstić information content (AvgIpc) is 2.59. The summed E-state index contributed by atoms with van der Waals surface area (Å²) in [5, 5.41) is 0. The van der Waals surface area contributed by atoms with Crippen LogP contribution in [0, 0.1) is 11.7 Å². The number of Topliss-reactive ketones (excluding diaryl/α,β-unsaturated/α-hetero) is 1.